The Bertz CT molecular complexity index is 394. The summed E-state index contributed by atoms with van der Waals surface area (Å²) in [6.07, 6.45) is -3.09. The van der Waals surface area contributed by atoms with Crippen LogP contribution in [0.3, 0.4) is 0 Å². The van der Waals surface area contributed by atoms with Crippen LogP contribution in [0.1, 0.15) is 14.7 Å². The predicted octanol–water partition coefficient (Wildman–Crippen LogP) is 2.85. The van der Waals surface area contributed by atoms with E-state index < -0.39 is 18.6 Å². The third-order valence-electron chi connectivity index (χ3n) is 1.84. The number of alkyl halides is 4. The van der Waals surface area contributed by atoms with Crippen molar-refractivity contribution >= 4 is 33.2 Å². The van der Waals surface area contributed by atoms with Crippen molar-refractivity contribution in [2.75, 3.05) is 18.4 Å². The summed E-state index contributed by atoms with van der Waals surface area (Å²) < 4.78 is 36.9. The van der Waals surface area contributed by atoms with Crippen LogP contribution in [-0.2, 0) is 0 Å². The van der Waals surface area contributed by atoms with Crippen molar-refractivity contribution in [3.8, 4) is 0 Å². The van der Waals surface area contributed by atoms with Crippen LogP contribution in [0.15, 0.2) is 6.20 Å². The number of aromatic nitrogens is 1. The first-order valence-electron chi connectivity index (χ1n) is 4.68. The maximum atomic E-state index is 12.3. The lowest BCUT2D eigenvalue weighted by Crippen LogP contribution is -2.39. The van der Waals surface area contributed by atoms with Crippen LogP contribution in [-0.4, -0.2) is 40.4 Å². The van der Waals surface area contributed by atoms with Gasteiger partial charge in [-0.2, -0.15) is 13.2 Å². The summed E-state index contributed by atoms with van der Waals surface area (Å²) in [5.41, 5.74) is 0. The SMILES string of the molecule is Cc1ncc(C(=O)N(CCBr)CC(F)(F)F)s1. The van der Waals surface area contributed by atoms with Gasteiger partial charge in [-0.05, 0) is 6.92 Å². The Labute approximate surface area is 109 Å². The van der Waals surface area contributed by atoms with E-state index in [1.54, 1.807) is 6.92 Å². The maximum absolute atomic E-state index is 12.3. The van der Waals surface area contributed by atoms with Gasteiger partial charge < -0.3 is 4.90 Å². The van der Waals surface area contributed by atoms with Gasteiger partial charge in [-0.1, -0.05) is 15.9 Å². The number of aryl methyl sites for hydroxylation is 1. The van der Waals surface area contributed by atoms with Crippen molar-refractivity contribution in [1.29, 1.82) is 0 Å². The van der Waals surface area contributed by atoms with Crippen LogP contribution < -0.4 is 0 Å². The number of hydrogen-bond donors (Lipinski definition) is 0. The molecule has 1 heterocycles. The van der Waals surface area contributed by atoms with Crippen molar-refractivity contribution in [2.45, 2.75) is 13.1 Å². The molecule has 0 aliphatic heterocycles. The maximum Gasteiger partial charge on any atom is 0.406 e. The fourth-order valence-electron chi connectivity index (χ4n) is 1.19. The van der Waals surface area contributed by atoms with E-state index in [1.807, 2.05) is 0 Å². The van der Waals surface area contributed by atoms with Crippen molar-refractivity contribution < 1.29 is 18.0 Å². The lowest BCUT2D eigenvalue weighted by atomic mass is 10.4. The van der Waals surface area contributed by atoms with Gasteiger partial charge in [0.1, 0.15) is 11.4 Å². The van der Waals surface area contributed by atoms with E-state index in [0.29, 0.717) is 10.3 Å². The fraction of sp³-hybridized carbons (Fsp3) is 0.556. The third kappa shape index (κ3) is 4.63. The molecule has 0 aliphatic rings. The summed E-state index contributed by atoms with van der Waals surface area (Å²) in [5, 5.41) is 0.950. The van der Waals surface area contributed by atoms with Gasteiger partial charge in [0, 0.05) is 11.9 Å². The van der Waals surface area contributed by atoms with Crippen LogP contribution in [0.5, 0.6) is 0 Å². The number of hydrogen-bond acceptors (Lipinski definition) is 3. The Balaban J connectivity index is 2.80. The fourth-order valence-corrected chi connectivity index (χ4v) is 2.36. The van der Waals surface area contributed by atoms with E-state index in [9.17, 15) is 18.0 Å². The minimum atomic E-state index is -4.39. The van der Waals surface area contributed by atoms with Gasteiger partial charge >= 0.3 is 6.18 Å². The molecule has 17 heavy (non-hydrogen) atoms. The Morgan fingerprint density at radius 3 is 2.65 bits per heavy atom. The molecule has 1 rings (SSSR count). The second-order valence-corrected chi connectivity index (χ2v) is 5.30. The molecule has 1 aromatic heterocycles. The summed E-state index contributed by atoms with van der Waals surface area (Å²) in [6, 6.07) is 0. The Morgan fingerprint density at radius 2 is 2.24 bits per heavy atom. The third-order valence-corrected chi connectivity index (χ3v) is 3.10. The molecule has 0 saturated carbocycles. The minimum absolute atomic E-state index is 0.00922. The standard InChI is InChI=1S/C9H10BrF3N2OS/c1-6-14-4-7(17-6)8(16)15(3-2-10)5-9(11,12)13/h4H,2-3,5H2,1H3. The van der Waals surface area contributed by atoms with Crippen LogP contribution >= 0.6 is 27.3 Å². The summed E-state index contributed by atoms with van der Waals surface area (Å²) in [6.45, 7) is 0.462. The van der Waals surface area contributed by atoms with Gasteiger partial charge in [-0.3, -0.25) is 4.79 Å². The molecule has 0 spiro atoms. The molecule has 0 N–H and O–H groups in total. The average molecular weight is 331 g/mol. The van der Waals surface area contributed by atoms with Crippen LogP contribution in [0, 0.1) is 6.92 Å². The molecule has 0 aliphatic carbocycles. The first-order chi connectivity index (χ1) is 7.83. The molecule has 1 aromatic rings. The summed E-state index contributed by atoms with van der Waals surface area (Å²) in [4.78, 5) is 16.7. The lowest BCUT2D eigenvalue weighted by molar-refractivity contribution is -0.140. The van der Waals surface area contributed by atoms with Crippen LogP contribution in [0.2, 0.25) is 0 Å². The van der Waals surface area contributed by atoms with Gasteiger partial charge in [0.05, 0.1) is 11.2 Å². The zero-order chi connectivity index (χ0) is 13.1. The van der Waals surface area contributed by atoms with Gasteiger partial charge in [0.25, 0.3) is 5.91 Å². The number of nitrogens with zero attached hydrogens (tertiary/aromatic N) is 2. The van der Waals surface area contributed by atoms with E-state index in [0.717, 1.165) is 16.2 Å². The molecule has 0 saturated heterocycles. The molecule has 0 aromatic carbocycles. The average Bonchev–Trinajstić information content (AvgIpc) is 2.61. The van der Waals surface area contributed by atoms with Crippen molar-refractivity contribution in [1.82, 2.24) is 9.88 Å². The highest BCUT2D eigenvalue weighted by atomic mass is 79.9. The van der Waals surface area contributed by atoms with E-state index in [1.165, 1.54) is 6.20 Å². The Hall–Kier alpha value is -0.630. The molecule has 96 valence electrons. The predicted molar refractivity (Wildman–Crippen MR) is 62.6 cm³/mol. The van der Waals surface area contributed by atoms with Crippen molar-refractivity contribution in [3.05, 3.63) is 16.1 Å². The summed E-state index contributed by atoms with van der Waals surface area (Å²) >= 11 is 4.12. The van der Waals surface area contributed by atoms with Crippen molar-refractivity contribution in [3.63, 3.8) is 0 Å². The Morgan fingerprint density at radius 1 is 1.59 bits per heavy atom. The molecule has 8 heteroatoms. The topological polar surface area (TPSA) is 33.2 Å². The van der Waals surface area contributed by atoms with Crippen molar-refractivity contribution in [2.24, 2.45) is 0 Å². The van der Waals surface area contributed by atoms with Crippen LogP contribution in [0.25, 0.3) is 0 Å². The molecule has 0 fully saturated rings. The van der Waals surface area contributed by atoms with E-state index in [2.05, 4.69) is 20.9 Å². The first-order valence-corrected chi connectivity index (χ1v) is 6.61. The molecular weight excluding hydrogens is 321 g/mol. The summed E-state index contributed by atoms with van der Waals surface area (Å²) in [7, 11) is 0. The number of rotatable bonds is 4. The highest BCUT2D eigenvalue weighted by Crippen LogP contribution is 2.20. The molecular formula is C9H10BrF3N2OS. The molecule has 1 amide bonds. The number of carbonyl (C=O) groups excluding carboxylic acids is 1. The van der Waals surface area contributed by atoms with E-state index in [4.69, 9.17) is 0 Å². The smallest absolute Gasteiger partial charge is 0.328 e. The minimum Gasteiger partial charge on any atom is -0.328 e. The quantitative estimate of drug-likeness (QED) is 0.795. The second kappa shape index (κ2) is 5.81. The molecule has 0 radical (unpaired) electrons. The normalized spacial score (nSPS) is 11.6. The summed E-state index contributed by atoms with van der Waals surface area (Å²) in [5.74, 6) is -0.632. The van der Waals surface area contributed by atoms with Gasteiger partial charge in [0.15, 0.2) is 0 Å². The molecule has 0 bridgehead atoms. The molecule has 3 nitrogen and oxygen atoms in total. The molecule has 0 atom stereocenters. The number of carbonyl (C=O) groups is 1. The second-order valence-electron chi connectivity index (χ2n) is 3.27. The monoisotopic (exact) mass is 330 g/mol. The van der Waals surface area contributed by atoms with Gasteiger partial charge in [0.2, 0.25) is 0 Å². The zero-order valence-corrected chi connectivity index (χ0v) is 11.3. The van der Waals surface area contributed by atoms with E-state index in [-0.39, 0.29) is 11.4 Å². The largest absolute Gasteiger partial charge is 0.406 e. The van der Waals surface area contributed by atoms with Crippen LogP contribution in [0.4, 0.5) is 13.2 Å². The molecule has 0 unspecified atom stereocenters. The van der Waals surface area contributed by atoms with E-state index >= 15 is 0 Å². The lowest BCUT2D eigenvalue weighted by Gasteiger charge is -2.22. The zero-order valence-electron chi connectivity index (χ0n) is 8.92. The number of thiazole rings is 1. The van der Waals surface area contributed by atoms with Gasteiger partial charge in [-0.25, -0.2) is 4.98 Å². The first kappa shape index (κ1) is 14.4. The highest BCUT2D eigenvalue weighted by molar-refractivity contribution is 9.09. The number of amides is 1. The highest BCUT2D eigenvalue weighted by Gasteiger charge is 2.33. The number of halogens is 4. The van der Waals surface area contributed by atoms with Gasteiger partial charge in [-0.15, -0.1) is 11.3 Å². The Kier molecular flexibility index (Phi) is 4.93.